The lowest BCUT2D eigenvalue weighted by molar-refractivity contribution is 0.277. The first-order valence-electron chi connectivity index (χ1n) is 8.18. The van der Waals surface area contributed by atoms with Gasteiger partial charge in [0.1, 0.15) is 0 Å². The molecule has 0 fully saturated rings. The van der Waals surface area contributed by atoms with Crippen LogP contribution >= 0.6 is 26.7 Å². The molecule has 0 rings (SSSR count). The van der Waals surface area contributed by atoms with Crippen molar-refractivity contribution in [2.75, 3.05) is 45.0 Å². The highest BCUT2D eigenvalue weighted by molar-refractivity contribution is 7.99. The van der Waals surface area contributed by atoms with E-state index < -0.39 is 14.9 Å². The Balaban J connectivity index is 4.69. The minimum Gasteiger partial charge on any atom is -0.312 e. The van der Waals surface area contributed by atoms with Crippen LogP contribution in [-0.4, -0.2) is 61.0 Å². The summed E-state index contributed by atoms with van der Waals surface area (Å²) < 4.78 is 37.3. The van der Waals surface area contributed by atoms with Gasteiger partial charge in [-0.2, -0.15) is 17.0 Å². The van der Waals surface area contributed by atoms with Crippen LogP contribution in [0.25, 0.3) is 0 Å². The zero-order valence-electron chi connectivity index (χ0n) is 15.7. The van der Waals surface area contributed by atoms with Gasteiger partial charge in [0, 0.05) is 56.6 Å². The summed E-state index contributed by atoms with van der Waals surface area (Å²) >= 11 is 1.63. The molecule has 0 saturated heterocycles. The van der Waals surface area contributed by atoms with Gasteiger partial charge in [0.2, 0.25) is 0 Å². The van der Waals surface area contributed by atoms with Crippen LogP contribution in [0.2, 0.25) is 0 Å². The molecule has 0 amide bonds. The Hall–Kier alpha value is 0.180. The second-order valence-corrected chi connectivity index (χ2v) is 13.6. The standard InChI is InChI=1S/C15H32N2O4P2S/c1-14(2)23(19,15(3)4)17(9-7-8-16)10-12-24-13-11-22(18,20-5)21-6/h14-15H,7,9-13H2,1-6H3. The maximum Gasteiger partial charge on any atom is 0.330 e. The second-order valence-electron chi connectivity index (χ2n) is 6.03. The molecule has 0 spiro atoms. The van der Waals surface area contributed by atoms with Gasteiger partial charge in [-0.25, -0.2) is 0 Å². The molecule has 24 heavy (non-hydrogen) atoms. The van der Waals surface area contributed by atoms with Gasteiger partial charge < -0.3 is 13.6 Å². The Kier molecular flexibility index (Phi) is 11.8. The highest BCUT2D eigenvalue weighted by Crippen LogP contribution is 2.58. The van der Waals surface area contributed by atoms with Crippen molar-refractivity contribution in [1.29, 1.82) is 5.26 Å². The molecule has 142 valence electrons. The van der Waals surface area contributed by atoms with Crippen LogP contribution in [0.5, 0.6) is 0 Å². The van der Waals surface area contributed by atoms with Crippen LogP contribution in [0.15, 0.2) is 0 Å². The van der Waals surface area contributed by atoms with E-state index in [1.165, 1.54) is 14.2 Å². The van der Waals surface area contributed by atoms with Gasteiger partial charge in [-0.05, 0) is 0 Å². The normalized spacial score (nSPS) is 13.0. The first-order valence-corrected chi connectivity index (χ1v) is 12.9. The average molecular weight is 398 g/mol. The molecule has 9 heteroatoms. The van der Waals surface area contributed by atoms with Crippen molar-refractivity contribution in [3.05, 3.63) is 0 Å². The molecule has 0 radical (unpaired) electrons. The van der Waals surface area contributed by atoms with Crippen LogP contribution in [0, 0.1) is 11.3 Å². The van der Waals surface area contributed by atoms with Crippen molar-refractivity contribution >= 4 is 26.7 Å². The first-order chi connectivity index (χ1) is 11.2. The smallest absolute Gasteiger partial charge is 0.312 e. The fraction of sp³-hybridized carbons (Fsp3) is 0.933. The quantitative estimate of drug-likeness (QED) is 0.333. The summed E-state index contributed by atoms with van der Waals surface area (Å²) in [6.45, 7) is 9.13. The number of thioether (sulfide) groups is 1. The third-order valence-electron chi connectivity index (χ3n) is 3.96. The number of hydrogen-bond donors (Lipinski definition) is 0. The predicted octanol–water partition coefficient (Wildman–Crippen LogP) is 4.52. The van der Waals surface area contributed by atoms with Gasteiger partial charge in [-0.3, -0.25) is 9.24 Å². The molecule has 0 aliphatic rings. The lowest BCUT2D eigenvalue weighted by Gasteiger charge is -2.37. The predicted molar refractivity (Wildman–Crippen MR) is 103 cm³/mol. The molecule has 0 N–H and O–H groups in total. The molecule has 0 aromatic heterocycles. The molecule has 0 aliphatic carbocycles. The number of nitriles is 1. The van der Waals surface area contributed by atoms with Crippen molar-refractivity contribution in [3.63, 3.8) is 0 Å². The van der Waals surface area contributed by atoms with Crippen molar-refractivity contribution in [1.82, 2.24) is 4.67 Å². The molecule has 0 aromatic carbocycles. The molecule has 0 saturated carbocycles. The summed E-state index contributed by atoms with van der Waals surface area (Å²) in [4.78, 5) is 0. The van der Waals surface area contributed by atoms with E-state index in [4.69, 9.17) is 14.3 Å². The molecule has 0 atom stereocenters. The summed E-state index contributed by atoms with van der Waals surface area (Å²) in [5, 5.41) is 8.88. The SMILES string of the molecule is COP(=O)(CCSCCN(CCC#N)P(=O)(C(C)C)C(C)C)OC. The lowest BCUT2D eigenvalue weighted by atomic mass is 10.5. The minimum atomic E-state index is -2.96. The molecular formula is C15H32N2O4P2S. The van der Waals surface area contributed by atoms with Crippen LogP contribution < -0.4 is 0 Å². The number of hydrogen-bond acceptors (Lipinski definition) is 6. The van der Waals surface area contributed by atoms with Crippen molar-refractivity contribution < 1.29 is 18.2 Å². The summed E-state index contributed by atoms with van der Waals surface area (Å²) in [6.07, 6.45) is 0.728. The Bertz CT molecular complexity index is 474. The van der Waals surface area contributed by atoms with Crippen LogP contribution in [-0.2, 0) is 18.2 Å². The van der Waals surface area contributed by atoms with Crippen LogP contribution in [0.3, 0.4) is 0 Å². The molecule has 6 nitrogen and oxygen atoms in total. The largest absolute Gasteiger partial charge is 0.330 e. The molecule has 0 heterocycles. The summed E-state index contributed by atoms with van der Waals surface area (Å²) in [6, 6.07) is 2.15. The fourth-order valence-electron chi connectivity index (χ4n) is 2.56. The summed E-state index contributed by atoms with van der Waals surface area (Å²) in [5.74, 6) is 1.42. The Morgan fingerprint density at radius 3 is 2.00 bits per heavy atom. The maximum absolute atomic E-state index is 13.5. The number of nitrogens with zero attached hydrogens (tertiary/aromatic N) is 2. The summed E-state index contributed by atoms with van der Waals surface area (Å²) in [5.41, 5.74) is 0.117. The van der Waals surface area contributed by atoms with Gasteiger partial charge >= 0.3 is 7.60 Å². The first kappa shape index (κ1) is 24.2. The van der Waals surface area contributed by atoms with E-state index in [0.29, 0.717) is 31.4 Å². The fourth-order valence-corrected chi connectivity index (χ4v) is 8.50. The van der Waals surface area contributed by atoms with E-state index in [9.17, 15) is 9.13 Å². The zero-order valence-corrected chi connectivity index (χ0v) is 18.3. The maximum atomic E-state index is 13.5. The van der Waals surface area contributed by atoms with Crippen molar-refractivity contribution in [3.8, 4) is 6.07 Å². The number of rotatable bonds is 13. The molecule has 0 unspecified atom stereocenters. The Labute approximate surface area is 151 Å². The molecule has 0 aromatic rings. The van der Waals surface area contributed by atoms with E-state index >= 15 is 0 Å². The van der Waals surface area contributed by atoms with Gasteiger partial charge in [-0.1, -0.05) is 27.7 Å². The van der Waals surface area contributed by atoms with Gasteiger partial charge in [-0.15, -0.1) is 0 Å². The van der Waals surface area contributed by atoms with Gasteiger partial charge in [0.25, 0.3) is 0 Å². The monoisotopic (exact) mass is 398 g/mol. The summed E-state index contributed by atoms with van der Waals surface area (Å²) in [7, 11) is -2.71. The van der Waals surface area contributed by atoms with E-state index in [2.05, 4.69) is 6.07 Å². The topological polar surface area (TPSA) is 79.6 Å². The van der Waals surface area contributed by atoms with E-state index in [1.807, 2.05) is 32.4 Å². The second kappa shape index (κ2) is 11.7. The lowest BCUT2D eigenvalue weighted by Crippen LogP contribution is -2.31. The molecule has 0 bridgehead atoms. The van der Waals surface area contributed by atoms with Gasteiger partial charge in [0.15, 0.2) is 7.29 Å². The van der Waals surface area contributed by atoms with Crippen molar-refractivity contribution in [2.45, 2.75) is 45.4 Å². The molecular weight excluding hydrogens is 366 g/mol. The van der Waals surface area contributed by atoms with E-state index in [-0.39, 0.29) is 11.3 Å². The van der Waals surface area contributed by atoms with Gasteiger partial charge in [0.05, 0.1) is 12.2 Å². The Morgan fingerprint density at radius 1 is 1.04 bits per heavy atom. The van der Waals surface area contributed by atoms with Crippen LogP contribution in [0.1, 0.15) is 34.1 Å². The third kappa shape index (κ3) is 7.20. The third-order valence-corrected chi connectivity index (χ3v) is 11.4. The van der Waals surface area contributed by atoms with Crippen LogP contribution in [0.4, 0.5) is 0 Å². The van der Waals surface area contributed by atoms with E-state index in [0.717, 1.165) is 5.75 Å². The highest BCUT2D eigenvalue weighted by Gasteiger charge is 2.36. The highest BCUT2D eigenvalue weighted by atomic mass is 32.2. The Morgan fingerprint density at radius 2 is 1.58 bits per heavy atom. The average Bonchev–Trinajstić information content (AvgIpc) is 2.55. The minimum absolute atomic E-state index is 0.0587. The molecule has 0 aliphatic heterocycles. The zero-order chi connectivity index (χ0) is 18.8. The van der Waals surface area contributed by atoms with Crippen molar-refractivity contribution in [2.24, 2.45) is 0 Å². The van der Waals surface area contributed by atoms with E-state index in [1.54, 1.807) is 11.8 Å².